The molecule has 1 N–H and O–H groups in total. The van der Waals surface area contributed by atoms with Crippen molar-refractivity contribution < 1.29 is 39.8 Å². The maximum absolute atomic E-state index is 13.8. The second kappa shape index (κ2) is 7.95. The van der Waals surface area contributed by atoms with Gasteiger partial charge in [-0.3, -0.25) is 5.10 Å². The molecule has 0 bridgehead atoms. The van der Waals surface area contributed by atoms with Gasteiger partial charge in [0.25, 0.3) is 0 Å². The summed E-state index contributed by atoms with van der Waals surface area (Å²) in [4.78, 5) is 7.54. The van der Waals surface area contributed by atoms with Gasteiger partial charge in [-0.05, 0) is 30.3 Å². The van der Waals surface area contributed by atoms with Crippen LogP contribution in [0, 0.1) is 11.6 Å². The van der Waals surface area contributed by atoms with Crippen molar-refractivity contribution in [1.82, 2.24) is 20.2 Å². The van der Waals surface area contributed by atoms with Gasteiger partial charge in [0.1, 0.15) is 11.6 Å². The minimum Gasteiger partial charge on any atom is -0.421 e. The average Bonchev–Trinajstić information content (AvgIpc) is 3.11. The largest absolute Gasteiger partial charge is 0.573 e. The third-order valence-electron chi connectivity index (χ3n) is 4.26. The molecule has 8 nitrogen and oxygen atoms in total. The highest BCUT2D eigenvalue weighted by molar-refractivity contribution is 7.90. The Balaban J connectivity index is 1.78. The predicted octanol–water partition coefficient (Wildman–Crippen LogP) is 4.39. The molecule has 4 aromatic rings. The number of rotatable bonds is 5. The zero-order valence-corrected chi connectivity index (χ0v) is 17.1. The molecule has 0 saturated carbocycles. The van der Waals surface area contributed by atoms with Crippen molar-refractivity contribution >= 4 is 20.9 Å². The lowest BCUT2D eigenvalue weighted by Crippen LogP contribution is -2.17. The molecule has 33 heavy (non-hydrogen) atoms. The zero-order chi connectivity index (χ0) is 24.0. The number of hydrogen-bond donors (Lipinski definition) is 1. The van der Waals surface area contributed by atoms with Gasteiger partial charge in [-0.15, -0.1) is 13.2 Å². The maximum atomic E-state index is 13.8. The van der Waals surface area contributed by atoms with Crippen LogP contribution in [0.5, 0.6) is 17.5 Å². The fourth-order valence-electron chi connectivity index (χ4n) is 2.85. The second-order valence-electron chi connectivity index (χ2n) is 6.64. The maximum Gasteiger partial charge on any atom is 0.573 e. The minimum absolute atomic E-state index is 0.0609. The van der Waals surface area contributed by atoms with Crippen LogP contribution in [-0.4, -0.2) is 41.2 Å². The van der Waals surface area contributed by atoms with Crippen molar-refractivity contribution in [2.24, 2.45) is 0 Å². The third-order valence-corrected chi connectivity index (χ3v) is 5.37. The third kappa shape index (κ3) is 4.84. The highest BCUT2D eigenvalue weighted by atomic mass is 32.2. The van der Waals surface area contributed by atoms with Gasteiger partial charge in [-0.2, -0.15) is 10.1 Å². The molecule has 2 heterocycles. The quantitative estimate of drug-likeness (QED) is 0.417. The van der Waals surface area contributed by atoms with Crippen LogP contribution in [0.15, 0.2) is 47.5 Å². The number of nitrogens with zero attached hydrogens (tertiary/aromatic N) is 3. The first-order valence-corrected chi connectivity index (χ1v) is 10.7. The Labute approximate surface area is 181 Å². The van der Waals surface area contributed by atoms with E-state index in [-0.39, 0.29) is 38.9 Å². The van der Waals surface area contributed by atoms with Gasteiger partial charge in [-0.1, -0.05) is 0 Å². The molecule has 0 aliphatic carbocycles. The van der Waals surface area contributed by atoms with E-state index in [1.165, 1.54) is 0 Å². The Kier molecular flexibility index (Phi) is 5.40. The number of aromatic amines is 1. The van der Waals surface area contributed by atoms with E-state index in [4.69, 9.17) is 4.74 Å². The molecule has 4 rings (SSSR count). The molecule has 14 heteroatoms. The van der Waals surface area contributed by atoms with E-state index in [1.807, 2.05) is 0 Å². The summed E-state index contributed by atoms with van der Waals surface area (Å²) in [5, 5.41) is 6.43. The summed E-state index contributed by atoms with van der Waals surface area (Å²) in [6, 6.07) is 5.02. The van der Waals surface area contributed by atoms with Crippen LogP contribution in [0.1, 0.15) is 0 Å². The van der Waals surface area contributed by atoms with Crippen LogP contribution >= 0.6 is 0 Å². The number of hydrogen-bond acceptors (Lipinski definition) is 7. The van der Waals surface area contributed by atoms with Gasteiger partial charge in [0, 0.05) is 24.1 Å². The Bertz CT molecular complexity index is 1470. The molecule has 0 saturated heterocycles. The molecule has 0 aliphatic heterocycles. The SMILES string of the molecule is CS(=O)(=O)c1ccc(OC(F)(F)F)c(-c2[nH]nc3nc(Oc4ccc(F)cc4F)ncc23)c1. The van der Waals surface area contributed by atoms with Crippen LogP contribution in [-0.2, 0) is 9.84 Å². The summed E-state index contributed by atoms with van der Waals surface area (Å²) in [7, 11) is -3.76. The zero-order valence-electron chi connectivity index (χ0n) is 16.3. The number of H-pyrrole nitrogens is 1. The molecule has 0 fully saturated rings. The van der Waals surface area contributed by atoms with E-state index < -0.39 is 33.6 Å². The van der Waals surface area contributed by atoms with Crippen molar-refractivity contribution in [2.45, 2.75) is 11.3 Å². The smallest absolute Gasteiger partial charge is 0.421 e. The normalized spacial score (nSPS) is 12.2. The number of nitrogens with one attached hydrogen (secondary N) is 1. The summed E-state index contributed by atoms with van der Waals surface area (Å²) >= 11 is 0. The number of fused-ring (bicyclic) bond motifs is 1. The standard InChI is InChI=1S/C19H11F5N4O4S/c1-33(29,30)10-3-5-14(32-19(22,23)24)11(7-10)16-12-8-25-18(26-17(12)28-27-16)31-15-4-2-9(20)6-13(15)21/h2-8H,1H3,(H,25,26,27,28). The van der Waals surface area contributed by atoms with Crippen molar-refractivity contribution in [1.29, 1.82) is 0 Å². The van der Waals surface area contributed by atoms with Crippen LogP contribution in [0.3, 0.4) is 0 Å². The van der Waals surface area contributed by atoms with Crippen LogP contribution in [0.2, 0.25) is 0 Å². The van der Waals surface area contributed by atoms with Crippen molar-refractivity contribution in [3.8, 4) is 28.8 Å². The van der Waals surface area contributed by atoms with Gasteiger partial charge < -0.3 is 9.47 Å². The van der Waals surface area contributed by atoms with Crippen molar-refractivity contribution in [2.75, 3.05) is 6.26 Å². The number of ether oxygens (including phenoxy) is 2. The topological polar surface area (TPSA) is 107 Å². The first-order chi connectivity index (χ1) is 15.4. The predicted molar refractivity (Wildman–Crippen MR) is 103 cm³/mol. The number of benzene rings is 2. The van der Waals surface area contributed by atoms with Gasteiger partial charge in [0.15, 0.2) is 27.1 Å². The van der Waals surface area contributed by atoms with E-state index in [1.54, 1.807) is 0 Å². The van der Waals surface area contributed by atoms with Gasteiger partial charge in [0.05, 0.1) is 16.0 Å². The van der Waals surface area contributed by atoms with Crippen molar-refractivity contribution in [3.63, 3.8) is 0 Å². The first kappa shape index (κ1) is 22.4. The van der Waals surface area contributed by atoms with Crippen LogP contribution in [0.4, 0.5) is 22.0 Å². The lowest BCUT2D eigenvalue weighted by atomic mass is 10.1. The second-order valence-corrected chi connectivity index (χ2v) is 8.66. The summed E-state index contributed by atoms with van der Waals surface area (Å²) in [5.41, 5.74) is -0.408. The highest BCUT2D eigenvalue weighted by Crippen LogP contribution is 2.37. The van der Waals surface area contributed by atoms with Crippen LogP contribution < -0.4 is 9.47 Å². The fourth-order valence-corrected chi connectivity index (χ4v) is 3.49. The van der Waals surface area contributed by atoms with E-state index in [9.17, 15) is 30.4 Å². The number of halogens is 5. The van der Waals surface area contributed by atoms with Gasteiger partial charge in [0.2, 0.25) is 0 Å². The molecule has 2 aromatic carbocycles. The molecule has 0 spiro atoms. The molecule has 0 amide bonds. The molecule has 0 atom stereocenters. The fraction of sp³-hybridized carbons (Fsp3) is 0.105. The summed E-state index contributed by atoms with van der Waals surface area (Å²) in [6.07, 6.45) is -3.03. The Morgan fingerprint density at radius 3 is 2.42 bits per heavy atom. The Hall–Kier alpha value is -3.81. The van der Waals surface area contributed by atoms with E-state index in [0.717, 1.165) is 42.8 Å². The summed E-state index contributed by atoms with van der Waals surface area (Å²) in [5.74, 6) is -2.88. The lowest BCUT2D eigenvalue weighted by Gasteiger charge is -2.13. The molecular formula is C19H11F5N4O4S. The Morgan fingerprint density at radius 2 is 1.76 bits per heavy atom. The van der Waals surface area contributed by atoms with Gasteiger partial charge >= 0.3 is 12.4 Å². The molecule has 2 aromatic heterocycles. The minimum atomic E-state index is -5.05. The van der Waals surface area contributed by atoms with E-state index in [2.05, 4.69) is 24.9 Å². The number of aromatic nitrogens is 4. The highest BCUT2D eigenvalue weighted by Gasteiger charge is 2.33. The van der Waals surface area contributed by atoms with E-state index in [0.29, 0.717) is 6.07 Å². The van der Waals surface area contributed by atoms with Gasteiger partial charge in [-0.25, -0.2) is 22.2 Å². The van der Waals surface area contributed by atoms with Crippen LogP contribution in [0.25, 0.3) is 22.3 Å². The first-order valence-electron chi connectivity index (χ1n) is 8.85. The molecule has 172 valence electrons. The molecular weight excluding hydrogens is 475 g/mol. The summed E-state index contributed by atoms with van der Waals surface area (Å²) < 4.78 is 98.4. The average molecular weight is 486 g/mol. The van der Waals surface area contributed by atoms with E-state index >= 15 is 0 Å². The van der Waals surface area contributed by atoms with Crippen molar-refractivity contribution in [3.05, 3.63) is 54.2 Å². The molecule has 0 unspecified atom stereocenters. The molecule has 0 aliphatic rings. The lowest BCUT2D eigenvalue weighted by molar-refractivity contribution is -0.274. The Morgan fingerprint density at radius 1 is 1.03 bits per heavy atom. The number of sulfone groups is 1. The molecule has 0 radical (unpaired) electrons. The number of alkyl halides is 3. The summed E-state index contributed by atoms with van der Waals surface area (Å²) in [6.45, 7) is 0. The monoisotopic (exact) mass is 486 g/mol.